The SMILES string of the molecule is COc1ccc([N+](=O)[O-])cc1N(S(=O)(=O)c1cc(Cl)ccc1Cl)S(=O)(=O)c1cc(Cl)ccc1Cl. The van der Waals surface area contributed by atoms with Gasteiger partial charge in [-0.05, 0) is 42.5 Å². The summed E-state index contributed by atoms with van der Waals surface area (Å²) in [6.07, 6.45) is 0. The number of ether oxygens (including phenoxy) is 1. The first-order chi connectivity index (χ1) is 15.8. The van der Waals surface area contributed by atoms with Gasteiger partial charge in [-0.1, -0.05) is 46.4 Å². The van der Waals surface area contributed by atoms with Crippen LogP contribution in [-0.4, -0.2) is 28.9 Å². The maximum Gasteiger partial charge on any atom is 0.279 e. The molecule has 0 amide bonds. The largest absolute Gasteiger partial charge is 0.494 e. The summed E-state index contributed by atoms with van der Waals surface area (Å²) in [6.45, 7) is 0. The van der Waals surface area contributed by atoms with Crippen molar-refractivity contribution in [2.75, 3.05) is 10.8 Å². The van der Waals surface area contributed by atoms with Crippen LogP contribution >= 0.6 is 46.4 Å². The third-order valence-corrected chi connectivity index (χ3v) is 9.93. The van der Waals surface area contributed by atoms with Gasteiger partial charge in [-0.15, -0.1) is 0 Å². The summed E-state index contributed by atoms with van der Waals surface area (Å²) < 4.78 is 60.2. The topological polar surface area (TPSA) is 124 Å². The first kappa shape index (κ1) is 26.3. The zero-order chi connectivity index (χ0) is 25.4. The molecule has 0 unspecified atom stereocenters. The van der Waals surface area contributed by atoms with Crippen LogP contribution in [0, 0.1) is 10.1 Å². The van der Waals surface area contributed by atoms with Crippen molar-refractivity contribution >= 4 is 77.8 Å². The van der Waals surface area contributed by atoms with Crippen LogP contribution in [0.3, 0.4) is 0 Å². The van der Waals surface area contributed by atoms with E-state index in [0.29, 0.717) is 0 Å². The number of hydrogen-bond acceptors (Lipinski definition) is 7. The maximum atomic E-state index is 13.8. The molecule has 0 radical (unpaired) electrons. The van der Waals surface area contributed by atoms with Gasteiger partial charge in [0.1, 0.15) is 21.2 Å². The monoisotopic (exact) mass is 584 g/mol. The van der Waals surface area contributed by atoms with E-state index in [2.05, 4.69) is 0 Å². The first-order valence-electron chi connectivity index (χ1n) is 8.83. The summed E-state index contributed by atoms with van der Waals surface area (Å²) in [5, 5.41) is 10.5. The molecular formula is C19H12Cl4N2O7S2. The lowest BCUT2D eigenvalue weighted by molar-refractivity contribution is -0.384. The van der Waals surface area contributed by atoms with Crippen molar-refractivity contribution in [3.8, 4) is 5.75 Å². The van der Waals surface area contributed by atoms with Crippen LogP contribution in [0.25, 0.3) is 0 Å². The fourth-order valence-corrected chi connectivity index (χ4v) is 8.00. The average molecular weight is 586 g/mol. The number of nitro benzene ring substituents is 1. The molecule has 0 fully saturated rings. The number of sulfonamides is 2. The number of rotatable bonds is 7. The summed E-state index contributed by atoms with van der Waals surface area (Å²) in [5.74, 6) is -0.311. The molecular weight excluding hydrogens is 574 g/mol. The molecule has 0 aliphatic carbocycles. The second kappa shape index (κ2) is 9.76. The second-order valence-corrected chi connectivity index (χ2v) is 11.9. The van der Waals surface area contributed by atoms with Crippen LogP contribution in [-0.2, 0) is 20.0 Å². The van der Waals surface area contributed by atoms with Crippen molar-refractivity contribution in [3.63, 3.8) is 0 Å². The van der Waals surface area contributed by atoms with Crippen molar-refractivity contribution < 1.29 is 26.5 Å². The van der Waals surface area contributed by atoms with Gasteiger partial charge in [0.2, 0.25) is 0 Å². The standard InChI is InChI=1S/C19H12Cl4N2O7S2/c1-32-17-7-4-13(24(26)27)10-16(17)25(33(28,29)18-8-11(20)2-5-14(18)22)34(30,31)19-9-12(21)3-6-15(19)23/h2-10H,1H3. The first-order valence-corrected chi connectivity index (χ1v) is 13.2. The van der Waals surface area contributed by atoms with Gasteiger partial charge in [0.25, 0.3) is 25.7 Å². The summed E-state index contributed by atoms with van der Waals surface area (Å²) in [5.41, 5.74) is -1.30. The van der Waals surface area contributed by atoms with E-state index in [1.165, 1.54) is 12.1 Å². The summed E-state index contributed by atoms with van der Waals surface area (Å²) in [7, 11) is -9.06. The van der Waals surface area contributed by atoms with Crippen LogP contribution in [0.4, 0.5) is 11.4 Å². The van der Waals surface area contributed by atoms with Crippen molar-refractivity contribution in [3.05, 3.63) is 84.8 Å². The van der Waals surface area contributed by atoms with Crippen molar-refractivity contribution in [1.29, 1.82) is 0 Å². The minimum atomic E-state index is -5.09. The molecule has 15 heteroatoms. The van der Waals surface area contributed by atoms with Crippen LogP contribution in [0.5, 0.6) is 5.75 Å². The molecule has 34 heavy (non-hydrogen) atoms. The van der Waals surface area contributed by atoms with Gasteiger partial charge < -0.3 is 4.74 Å². The predicted molar refractivity (Wildman–Crippen MR) is 129 cm³/mol. The Kier molecular flexibility index (Phi) is 7.56. The summed E-state index contributed by atoms with van der Waals surface area (Å²) in [6, 6.07) is 9.55. The molecule has 0 aliphatic rings. The molecule has 0 heterocycles. The molecule has 0 aromatic heterocycles. The lowest BCUT2D eigenvalue weighted by atomic mass is 10.2. The van der Waals surface area contributed by atoms with Crippen LogP contribution in [0.1, 0.15) is 0 Å². The molecule has 0 N–H and O–H groups in total. The average Bonchev–Trinajstić information content (AvgIpc) is 2.76. The Bertz CT molecular complexity index is 1430. The van der Waals surface area contributed by atoms with Gasteiger partial charge in [-0.2, -0.15) is 20.5 Å². The molecule has 3 aromatic rings. The number of benzene rings is 3. The molecule has 3 rings (SSSR count). The minimum Gasteiger partial charge on any atom is -0.494 e. The Hall–Kier alpha value is -2.28. The third kappa shape index (κ3) is 4.90. The second-order valence-electron chi connectivity index (χ2n) is 6.47. The lowest BCUT2D eigenvalue weighted by Crippen LogP contribution is -2.37. The third-order valence-electron chi connectivity index (χ3n) is 4.35. The van der Waals surface area contributed by atoms with Gasteiger partial charge in [-0.3, -0.25) is 10.1 Å². The van der Waals surface area contributed by atoms with E-state index in [-0.39, 0.29) is 29.6 Å². The Morgan fingerprint density at radius 3 is 1.68 bits per heavy atom. The number of nitro groups is 1. The van der Waals surface area contributed by atoms with E-state index in [4.69, 9.17) is 51.1 Å². The smallest absolute Gasteiger partial charge is 0.279 e. The fraction of sp³-hybridized carbons (Fsp3) is 0.0526. The molecule has 0 bridgehead atoms. The van der Waals surface area contributed by atoms with E-state index in [9.17, 15) is 26.9 Å². The molecule has 0 saturated heterocycles. The van der Waals surface area contributed by atoms with Crippen molar-refractivity contribution in [2.24, 2.45) is 0 Å². The predicted octanol–water partition coefficient (Wildman–Crippen LogP) is 5.80. The van der Waals surface area contributed by atoms with E-state index >= 15 is 0 Å². The molecule has 0 spiro atoms. The normalized spacial score (nSPS) is 11.8. The quantitative estimate of drug-likeness (QED) is 0.253. The fourth-order valence-electron chi connectivity index (χ4n) is 2.85. The van der Waals surface area contributed by atoms with Gasteiger partial charge in [0.05, 0.1) is 22.1 Å². The number of non-ortho nitro benzene ring substituents is 1. The molecule has 180 valence electrons. The van der Waals surface area contributed by atoms with E-state index in [0.717, 1.165) is 49.6 Å². The molecule has 3 aromatic carbocycles. The zero-order valence-electron chi connectivity index (χ0n) is 16.8. The number of methoxy groups -OCH3 is 1. The zero-order valence-corrected chi connectivity index (χ0v) is 21.4. The lowest BCUT2D eigenvalue weighted by Gasteiger charge is -2.26. The van der Waals surface area contributed by atoms with Crippen LogP contribution in [0.15, 0.2) is 64.4 Å². The van der Waals surface area contributed by atoms with E-state index in [1.54, 1.807) is 0 Å². The Morgan fingerprint density at radius 1 is 0.794 bits per heavy atom. The maximum absolute atomic E-state index is 13.8. The van der Waals surface area contributed by atoms with Crippen molar-refractivity contribution in [1.82, 2.24) is 0 Å². The number of anilines is 1. The van der Waals surface area contributed by atoms with Gasteiger partial charge in [0, 0.05) is 22.2 Å². The molecule has 9 nitrogen and oxygen atoms in total. The van der Waals surface area contributed by atoms with Gasteiger partial charge in [0.15, 0.2) is 0 Å². The molecule has 0 atom stereocenters. The highest BCUT2D eigenvalue weighted by atomic mass is 35.5. The summed E-state index contributed by atoms with van der Waals surface area (Å²) >= 11 is 24.0. The van der Waals surface area contributed by atoms with Crippen molar-refractivity contribution in [2.45, 2.75) is 9.79 Å². The Labute approximate surface area is 214 Å². The highest BCUT2D eigenvalue weighted by molar-refractivity contribution is 8.10. The summed E-state index contributed by atoms with van der Waals surface area (Å²) in [4.78, 5) is 9.18. The number of hydrogen-bond donors (Lipinski definition) is 0. The van der Waals surface area contributed by atoms with E-state index in [1.807, 2.05) is 0 Å². The van der Waals surface area contributed by atoms with Gasteiger partial charge in [-0.25, -0.2) is 0 Å². The number of nitrogens with zero attached hydrogens (tertiary/aromatic N) is 2. The minimum absolute atomic E-state index is 0.0546. The molecule has 0 saturated carbocycles. The Balaban J connectivity index is 2.48. The van der Waals surface area contributed by atoms with Gasteiger partial charge >= 0.3 is 0 Å². The molecule has 0 aliphatic heterocycles. The Morgan fingerprint density at radius 2 is 1.26 bits per heavy atom. The van der Waals surface area contributed by atoms with Crippen LogP contribution < -0.4 is 8.45 Å². The van der Waals surface area contributed by atoms with E-state index < -0.39 is 46.1 Å². The van der Waals surface area contributed by atoms with Crippen LogP contribution in [0.2, 0.25) is 20.1 Å². The highest BCUT2D eigenvalue weighted by Gasteiger charge is 2.41. The highest BCUT2D eigenvalue weighted by Crippen LogP contribution is 2.42. The number of halogens is 4.